The molecule has 4 nitrogen and oxygen atoms in total. The van der Waals surface area contributed by atoms with Gasteiger partial charge in [-0.05, 0) is 43.2 Å². The first-order valence-corrected chi connectivity index (χ1v) is 6.64. The van der Waals surface area contributed by atoms with E-state index >= 15 is 0 Å². The van der Waals surface area contributed by atoms with E-state index in [1.165, 1.54) is 12.1 Å². The zero-order valence-electron chi connectivity index (χ0n) is 11.6. The Morgan fingerprint density at radius 2 is 1.86 bits per heavy atom. The first-order chi connectivity index (χ1) is 10.0. The van der Waals surface area contributed by atoms with Crippen LogP contribution in [0.3, 0.4) is 0 Å². The van der Waals surface area contributed by atoms with Crippen molar-refractivity contribution in [3.05, 3.63) is 59.9 Å². The van der Waals surface area contributed by atoms with Crippen LogP contribution in [-0.4, -0.2) is 17.2 Å². The van der Waals surface area contributed by atoms with Crippen molar-refractivity contribution in [3.63, 3.8) is 0 Å². The molecule has 110 valence electrons. The summed E-state index contributed by atoms with van der Waals surface area (Å²) in [5.41, 5.74) is 1.14. The van der Waals surface area contributed by atoms with Gasteiger partial charge in [-0.1, -0.05) is 24.3 Å². The van der Waals surface area contributed by atoms with Crippen molar-refractivity contribution in [2.45, 2.75) is 19.4 Å². The average Bonchev–Trinajstić information content (AvgIpc) is 2.44. The highest BCUT2D eigenvalue weighted by Gasteiger charge is 2.10. The van der Waals surface area contributed by atoms with Crippen molar-refractivity contribution in [2.24, 2.45) is 0 Å². The number of urea groups is 1. The number of phenols is 1. The summed E-state index contributed by atoms with van der Waals surface area (Å²) >= 11 is 0. The van der Waals surface area contributed by atoms with Gasteiger partial charge in [0.1, 0.15) is 11.6 Å². The van der Waals surface area contributed by atoms with E-state index in [4.69, 9.17) is 0 Å². The van der Waals surface area contributed by atoms with Gasteiger partial charge in [-0.15, -0.1) is 0 Å². The summed E-state index contributed by atoms with van der Waals surface area (Å²) in [6, 6.07) is 12.2. The van der Waals surface area contributed by atoms with Gasteiger partial charge in [-0.25, -0.2) is 9.18 Å². The van der Waals surface area contributed by atoms with Crippen molar-refractivity contribution in [1.29, 1.82) is 0 Å². The Bertz CT molecular complexity index is 614. The lowest BCUT2D eigenvalue weighted by atomic mass is 10.1. The summed E-state index contributed by atoms with van der Waals surface area (Å²) in [6.07, 6.45) is 0.616. The third kappa shape index (κ3) is 4.49. The van der Waals surface area contributed by atoms with Crippen LogP contribution in [-0.2, 0) is 6.42 Å². The number of phenolic OH excluding ortho intramolecular Hbond substituents is 1. The first-order valence-electron chi connectivity index (χ1n) is 6.64. The molecule has 2 aromatic carbocycles. The van der Waals surface area contributed by atoms with Gasteiger partial charge in [-0.3, -0.25) is 0 Å². The zero-order valence-corrected chi connectivity index (χ0v) is 11.6. The second-order valence-corrected chi connectivity index (χ2v) is 4.85. The quantitative estimate of drug-likeness (QED) is 0.808. The number of aromatic hydroxyl groups is 1. The van der Waals surface area contributed by atoms with Crippen molar-refractivity contribution in [3.8, 4) is 5.75 Å². The predicted octanol–water partition coefficient (Wildman–Crippen LogP) is 3.28. The van der Waals surface area contributed by atoms with Crippen molar-refractivity contribution in [1.82, 2.24) is 5.32 Å². The molecule has 21 heavy (non-hydrogen) atoms. The predicted molar refractivity (Wildman–Crippen MR) is 79.8 cm³/mol. The Kier molecular flexibility index (Phi) is 4.77. The Labute approximate surface area is 122 Å². The van der Waals surface area contributed by atoms with Crippen LogP contribution in [0.25, 0.3) is 0 Å². The van der Waals surface area contributed by atoms with Crippen molar-refractivity contribution >= 4 is 11.7 Å². The standard InChI is InChI=1S/C16H17FN2O2/c1-11(10-12-6-8-13(20)9-7-12)18-16(21)19-15-5-3-2-4-14(15)17/h2-9,11,20H,10H2,1H3,(H2,18,19,21)/t11-/m1/s1. The number of halogens is 1. The molecule has 5 heteroatoms. The highest BCUT2D eigenvalue weighted by molar-refractivity contribution is 5.89. The molecule has 0 aliphatic heterocycles. The summed E-state index contributed by atoms with van der Waals surface area (Å²) in [6.45, 7) is 1.85. The van der Waals surface area contributed by atoms with Crippen LogP contribution in [0.15, 0.2) is 48.5 Å². The normalized spacial score (nSPS) is 11.7. The molecular formula is C16H17FN2O2. The maximum absolute atomic E-state index is 13.4. The molecule has 2 aromatic rings. The molecule has 0 aromatic heterocycles. The van der Waals surface area contributed by atoms with E-state index in [2.05, 4.69) is 10.6 Å². The molecule has 0 aliphatic carbocycles. The molecular weight excluding hydrogens is 271 g/mol. The number of nitrogens with one attached hydrogen (secondary N) is 2. The lowest BCUT2D eigenvalue weighted by molar-refractivity contribution is 0.249. The van der Waals surface area contributed by atoms with Gasteiger partial charge in [0.05, 0.1) is 5.69 Å². The smallest absolute Gasteiger partial charge is 0.319 e. The van der Waals surface area contributed by atoms with Gasteiger partial charge in [0.2, 0.25) is 0 Å². The molecule has 0 saturated carbocycles. The SMILES string of the molecule is C[C@H](Cc1ccc(O)cc1)NC(=O)Nc1ccccc1F. The minimum Gasteiger partial charge on any atom is -0.508 e. The molecule has 2 amide bonds. The molecule has 0 bridgehead atoms. The summed E-state index contributed by atoms with van der Waals surface area (Å²) in [7, 11) is 0. The van der Waals surface area contributed by atoms with E-state index in [-0.39, 0.29) is 17.5 Å². The van der Waals surface area contributed by atoms with Crippen molar-refractivity contribution in [2.75, 3.05) is 5.32 Å². The monoisotopic (exact) mass is 288 g/mol. The lowest BCUT2D eigenvalue weighted by Crippen LogP contribution is -2.37. The minimum atomic E-state index is -0.473. The molecule has 1 atom stereocenters. The molecule has 0 radical (unpaired) electrons. The van der Waals surface area contributed by atoms with E-state index < -0.39 is 11.8 Å². The highest BCUT2D eigenvalue weighted by atomic mass is 19.1. The van der Waals surface area contributed by atoms with Crippen LogP contribution in [0.2, 0.25) is 0 Å². The second-order valence-electron chi connectivity index (χ2n) is 4.85. The van der Waals surface area contributed by atoms with Gasteiger partial charge >= 0.3 is 6.03 Å². The van der Waals surface area contributed by atoms with E-state index in [0.29, 0.717) is 6.42 Å². The van der Waals surface area contributed by atoms with Crippen molar-refractivity contribution < 1.29 is 14.3 Å². The number of rotatable bonds is 4. The Morgan fingerprint density at radius 1 is 1.19 bits per heavy atom. The zero-order chi connectivity index (χ0) is 15.2. The highest BCUT2D eigenvalue weighted by Crippen LogP contribution is 2.13. The third-order valence-electron chi connectivity index (χ3n) is 2.98. The maximum atomic E-state index is 13.4. The van der Waals surface area contributed by atoms with Gasteiger partial charge in [0.15, 0.2) is 0 Å². The van der Waals surface area contributed by atoms with Crippen LogP contribution >= 0.6 is 0 Å². The van der Waals surface area contributed by atoms with E-state index in [1.807, 2.05) is 6.92 Å². The molecule has 3 N–H and O–H groups in total. The number of para-hydroxylation sites is 1. The minimum absolute atomic E-state index is 0.124. The lowest BCUT2D eigenvalue weighted by Gasteiger charge is -2.15. The number of carbonyl (C=O) groups is 1. The molecule has 0 unspecified atom stereocenters. The van der Waals surface area contributed by atoms with Gasteiger partial charge in [-0.2, -0.15) is 0 Å². The van der Waals surface area contributed by atoms with Crippen LogP contribution in [0, 0.1) is 5.82 Å². The Hall–Kier alpha value is -2.56. The molecule has 0 fully saturated rings. The van der Waals surface area contributed by atoms with E-state index in [0.717, 1.165) is 5.56 Å². The summed E-state index contributed by atoms with van der Waals surface area (Å²) in [4.78, 5) is 11.8. The number of anilines is 1. The summed E-state index contributed by atoms with van der Waals surface area (Å²) in [5.74, 6) is -0.268. The Morgan fingerprint density at radius 3 is 2.52 bits per heavy atom. The number of carbonyl (C=O) groups excluding carboxylic acids is 1. The summed E-state index contributed by atoms with van der Waals surface area (Å²) < 4.78 is 13.4. The van der Waals surface area contributed by atoms with E-state index in [9.17, 15) is 14.3 Å². The van der Waals surface area contributed by atoms with Gasteiger partial charge in [0, 0.05) is 6.04 Å². The fraction of sp³-hybridized carbons (Fsp3) is 0.188. The number of benzene rings is 2. The van der Waals surface area contributed by atoms with Crippen LogP contribution < -0.4 is 10.6 Å². The maximum Gasteiger partial charge on any atom is 0.319 e. The third-order valence-corrected chi connectivity index (χ3v) is 2.98. The second kappa shape index (κ2) is 6.74. The number of amides is 2. The van der Waals surface area contributed by atoms with Crippen LogP contribution in [0.1, 0.15) is 12.5 Å². The average molecular weight is 288 g/mol. The van der Waals surface area contributed by atoms with E-state index in [1.54, 1.807) is 36.4 Å². The molecule has 0 heterocycles. The molecule has 2 rings (SSSR count). The van der Waals surface area contributed by atoms with Gasteiger partial charge < -0.3 is 15.7 Å². The molecule has 0 saturated heterocycles. The fourth-order valence-electron chi connectivity index (χ4n) is 1.98. The van der Waals surface area contributed by atoms with Crippen LogP contribution in [0.5, 0.6) is 5.75 Å². The largest absolute Gasteiger partial charge is 0.508 e. The van der Waals surface area contributed by atoms with Crippen LogP contribution in [0.4, 0.5) is 14.9 Å². The molecule has 0 spiro atoms. The number of hydrogen-bond donors (Lipinski definition) is 3. The topological polar surface area (TPSA) is 61.4 Å². The molecule has 0 aliphatic rings. The Balaban J connectivity index is 1.87. The first kappa shape index (κ1) is 14.8. The number of hydrogen-bond acceptors (Lipinski definition) is 2. The summed E-state index contributed by atoms with van der Waals surface area (Å²) in [5, 5.41) is 14.4. The fourth-order valence-corrected chi connectivity index (χ4v) is 1.98. The van der Waals surface area contributed by atoms with Gasteiger partial charge in [0.25, 0.3) is 0 Å².